The highest BCUT2D eigenvalue weighted by molar-refractivity contribution is 5.46. The molecule has 0 radical (unpaired) electrons. The molecule has 232 valence electrons. The topological polar surface area (TPSA) is 0 Å². The van der Waals surface area contributed by atoms with Crippen LogP contribution in [0.5, 0.6) is 0 Å². The summed E-state index contributed by atoms with van der Waals surface area (Å²) < 4.78 is 0. The lowest BCUT2D eigenvalue weighted by molar-refractivity contribution is 0.248. The van der Waals surface area contributed by atoms with Crippen molar-refractivity contribution in [3.05, 3.63) is 118 Å². The van der Waals surface area contributed by atoms with Crippen LogP contribution < -0.4 is 0 Å². The highest BCUT2D eigenvalue weighted by Crippen LogP contribution is 2.39. The predicted molar refractivity (Wildman–Crippen MR) is 193 cm³/mol. The van der Waals surface area contributed by atoms with Crippen molar-refractivity contribution in [3.63, 3.8) is 0 Å². The molecule has 0 fully saturated rings. The molecule has 0 nitrogen and oxygen atoms in total. The number of hydrogen-bond acceptors (Lipinski definition) is 0. The van der Waals surface area contributed by atoms with Crippen molar-refractivity contribution in [2.24, 2.45) is 11.3 Å². The largest absolute Gasteiger partial charge is 0.100 e. The number of rotatable bonds is 7. The maximum absolute atomic E-state index is 3.56. The molecule has 0 amide bonds. The molecule has 3 rings (SSSR count). The van der Waals surface area contributed by atoms with Crippen molar-refractivity contribution >= 4 is 0 Å². The molecular formula is C41H68. The van der Waals surface area contributed by atoms with Gasteiger partial charge >= 0.3 is 0 Å². The van der Waals surface area contributed by atoms with Crippen LogP contribution in [-0.2, 0) is 18.3 Å². The highest BCUT2D eigenvalue weighted by atomic mass is 14.3. The van der Waals surface area contributed by atoms with Crippen LogP contribution in [0.4, 0.5) is 0 Å². The van der Waals surface area contributed by atoms with E-state index in [0.717, 1.165) is 12.8 Å². The van der Waals surface area contributed by atoms with Crippen LogP contribution in [0.25, 0.3) is 0 Å². The van der Waals surface area contributed by atoms with Gasteiger partial charge in [-0.2, -0.15) is 0 Å². The van der Waals surface area contributed by atoms with E-state index in [0.29, 0.717) is 5.92 Å². The lowest BCUT2D eigenvalue weighted by atomic mass is 9.70. The van der Waals surface area contributed by atoms with E-state index in [-0.39, 0.29) is 33.1 Å². The van der Waals surface area contributed by atoms with Gasteiger partial charge in [0.25, 0.3) is 0 Å². The molecular weight excluding hydrogens is 492 g/mol. The minimum atomic E-state index is -0.0808. The third-order valence-corrected chi connectivity index (χ3v) is 7.54. The van der Waals surface area contributed by atoms with Gasteiger partial charge in [0.15, 0.2) is 0 Å². The zero-order valence-electron chi connectivity index (χ0n) is 26.8. The molecule has 41 heavy (non-hydrogen) atoms. The number of allylic oxidation sites excluding steroid dienone is 1. The van der Waals surface area contributed by atoms with Gasteiger partial charge in [0, 0.05) is 5.41 Å². The first-order chi connectivity index (χ1) is 17.7. The average Bonchev–Trinajstić information content (AvgIpc) is 2.81. The third-order valence-electron chi connectivity index (χ3n) is 7.54. The molecule has 1 atom stereocenters. The monoisotopic (exact) mass is 561 g/mol. The van der Waals surface area contributed by atoms with E-state index in [1.54, 1.807) is 0 Å². The summed E-state index contributed by atoms with van der Waals surface area (Å²) in [5.41, 5.74) is 11.1. The van der Waals surface area contributed by atoms with Crippen molar-refractivity contribution in [2.75, 3.05) is 0 Å². The minimum absolute atomic E-state index is 0. The van der Waals surface area contributed by atoms with Gasteiger partial charge in [0.05, 0.1) is 0 Å². The Morgan fingerprint density at radius 1 is 0.683 bits per heavy atom. The standard InChI is InChI=1S/C31H40.C4H8.C3H8.3CH4/c1-22(2)30(6,7)20-27-16-23(3)17-29(19-27)31(8,21-26-12-10-9-11-13-26)28-15-14-24(4)25(5)18-28;1-4(2)3;1-3-2;;;/h9-19,22H,20-21H2,1-8H3;1H2,2-3H3;3H2,1-2H3;3*1H4. The van der Waals surface area contributed by atoms with Gasteiger partial charge in [-0.05, 0) is 92.2 Å². The molecule has 3 aromatic rings. The molecule has 0 N–H and O–H groups in total. The van der Waals surface area contributed by atoms with Crippen LogP contribution in [0.15, 0.2) is 78.9 Å². The Bertz CT molecular complexity index is 1130. The molecule has 0 spiro atoms. The normalized spacial score (nSPS) is 11.6. The van der Waals surface area contributed by atoms with Gasteiger partial charge in [-0.3, -0.25) is 0 Å². The fourth-order valence-electron chi connectivity index (χ4n) is 4.47. The van der Waals surface area contributed by atoms with Gasteiger partial charge in [0.1, 0.15) is 0 Å². The summed E-state index contributed by atoms with van der Waals surface area (Å²) in [6.45, 7) is 30.3. The summed E-state index contributed by atoms with van der Waals surface area (Å²) in [6, 6.07) is 25.2. The van der Waals surface area contributed by atoms with Crippen LogP contribution >= 0.6 is 0 Å². The quantitative estimate of drug-likeness (QED) is 0.252. The molecule has 1 unspecified atom stereocenters. The van der Waals surface area contributed by atoms with Gasteiger partial charge < -0.3 is 0 Å². The van der Waals surface area contributed by atoms with Crippen molar-refractivity contribution < 1.29 is 0 Å². The second kappa shape index (κ2) is 19.5. The maximum atomic E-state index is 3.56. The Kier molecular flexibility index (Phi) is 20.4. The smallest absolute Gasteiger partial charge is 0.0215 e. The summed E-state index contributed by atoms with van der Waals surface area (Å²) in [5, 5.41) is 0. The van der Waals surface area contributed by atoms with Crippen molar-refractivity contribution in [1.29, 1.82) is 0 Å². The predicted octanol–water partition coefficient (Wildman–Crippen LogP) is 13.3. The Balaban J connectivity index is -0.00000130. The van der Waals surface area contributed by atoms with E-state index in [9.17, 15) is 0 Å². The van der Waals surface area contributed by atoms with Crippen LogP contribution in [-0.4, -0.2) is 0 Å². The number of aryl methyl sites for hydroxylation is 3. The maximum Gasteiger partial charge on any atom is 0.0215 e. The van der Waals surface area contributed by atoms with Crippen molar-refractivity contribution in [3.8, 4) is 0 Å². The highest BCUT2D eigenvalue weighted by Gasteiger charge is 2.31. The van der Waals surface area contributed by atoms with Gasteiger partial charge in [-0.1, -0.05) is 155 Å². The average molecular weight is 561 g/mol. The van der Waals surface area contributed by atoms with Crippen LogP contribution in [0, 0.1) is 32.1 Å². The second-order valence-electron chi connectivity index (χ2n) is 12.7. The third kappa shape index (κ3) is 13.7. The van der Waals surface area contributed by atoms with Crippen LogP contribution in [0.3, 0.4) is 0 Å². The van der Waals surface area contributed by atoms with E-state index >= 15 is 0 Å². The first-order valence-corrected chi connectivity index (χ1v) is 14.5. The number of benzene rings is 3. The molecule has 0 bridgehead atoms. The fraction of sp³-hybridized carbons (Fsp3) is 0.512. The van der Waals surface area contributed by atoms with E-state index in [1.807, 2.05) is 13.8 Å². The van der Waals surface area contributed by atoms with Crippen molar-refractivity contribution in [1.82, 2.24) is 0 Å². The summed E-state index contributed by atoms with van der Waals surface area (Å²) >= 11 is 0. The molecule has 0 heteroatoms. The first-order valence-electron chi connectivity index (χ1n) is 14.5. The van der Waals surface area contributed by atoms with Crippen LogP contribution in [0.1, 0.15) is 130 Å². The molecule has 0 aromatic heterocycles. The van der Waals surface area contributed by atoms with Gasteiger partial charge in [0.2, 0.25) is 0 Å². The summed E-state index contributed by atoms with van der Waals surface area (Å²) in [6.07, 6.45) is 3.35. The molecule has 0 aliphatic carbocycles. The molecule has 3 aromatic carbocycles. The van der Waals surface area contributed by atoms with E-state index in [2.05, 4.69) is 143 Å². The first kappa shape index (κ1) is 42.9. The fourth-order valence-corrected chi connectivity index (χ4v) is 4.47. The summed E-state index contributed by atoms with van der Waals surface area (Å²) in [5.74, 6) is 0.645. The number of hydrogen-bond donors (Lipinski definition) is 0. The molecule has 0 aliphatic rings. The SMILES string of the molecule is C.C.C.C=C(C)C.CCC.Cc1cc(CC(C)(C)C(C)C)cc(C(C)(Cc2ccccc2)c2ccc(C)c(C)c2)c1. The molecule has 0 saturated heterocycles. The lowest BCUT2D eigenvalue weighted by Gasteiger charge is -2.34. The van der Waals surface area contributed by atoms with Crippen LogP contribution in [0.2, 0.25) is 0 Å². The Morgan fingerprint density at radius 2 is 1.20 bits per heavy atom. The lowest BCUT2D eigenvalue weighted by Crippen LogP contribution is -2.28. The van der Waals surface area contributed by atoms with Gasteiger partial charge in [-0.15, -0.1) is 6.58 Å². The van der Waals surface area contributed by atoms with Gasteiger partial charge in [-0.25, -0.2) is 0 Å². The molecule has 0 saturated carbocycles. The summed E-state index contributed by atoms with van der Waals surface area (Å²) in [4.78, 5) is 0. The molecule has 0 heterocycles. The minimum Gasteiger partial charge on any atom is -0.100 e. The van der Waals surface area contributed by atoms with Crippen molar-refractivity contribution in [2.45, 2.75) is 130 Å². The van der Waals surface area contributed by atoms with E-state index in [4.69, 9.17) is 0 Å². The Morgan fingerprint density at radius 3 is 1.66 bits per heavy atom. The Hall–Kier alpha value is -2.60. The van der Waals surface area contributed by atoms with E-state index < -0.39 is 0 Å². The van der Waals surface area contributed by atoms with E-state index in [1.165, 1.54) is 50.9 Å². The Labute approximate surface area is 258 Å². The zero-order chi connectivity index (χ0) is 29.1. The zero-order valence-corrected chi connectivity index (χ0v) is 26.8. The summed E-state index contributed by atoms with van der Waals surface area (Å²) in [7, 11) is 0. The second-order valence-corrected chi connectivity index (χ2v) is 12.7. The molecule has 0 aliphatic heterocycles.